The van der Waals surface area contributed by atoms with E-state index in [9.17, 15) is 25.9 Å². The number of fused-ring (bicyclic) bond motifs is 2. The predicted molar refractivity (Wildman–Crippen MR) is 153 cm³/mol. The molecular formula is C26H28N4O6S4+2. The molecule has 2 aromatic carbocycles. The summed E-state index contributed by atoms with van der Waals surface area (Å²) in [7, 11) is -8.84. The van der Waals surface area contributed by atoms with Crippen molar-refractivity contribution in [2.45, 2.75) is 49.3 Å². The summed E-state index contributed by atoms with van der Waals surface area (Å²) in [6.07, 6.45) is 6.95. The van der Waals surface area contributed by atoms with E-state index in [1.54, 1.807) is 44.6 Å². The van der Waals surface area contributed by atoms with E-state index in [-0.39, 0.29) is 22.7 Å². The lowest BCUT2D eigenvalue weighted by Gasteiger charge is -2.06. The smallest absolute Gasteiger partial charge is 0.282 e. The molecule has 2 aliphatic rings. The molecule has 0 amide bonds. The van der Waals surface area contributed by atoms with Crippen molar-refractivity contribution in [2.24, 2.45) is 10.4 Å². The van der Waals surface area contributed by atoms with E-state index in [0.717, 1.165) is 9.79 Å². The van der Waals surface area contributed by atoms with Gasteiger partial charge in [-0.1, -0.05) is 50.2 Å². The third kappa shape index (κ3) is 7.44. The van der Waals surface area contributed by atoms with E-state index in [1.165, 1.54) is 36.0 Å². The van der Waals surface area contributed by atoms with E-state index in [2.05, 4.69) is 10.4 Å². The van der Waals surface area contributed by atoms with Gasteiger partial charge >= 0.3 is 10.4 Å². The summed E-state index contributed by atoms with van der Waals surface area (Å²) in [6, 6.07) is 14.5. The lowest BCUT2D eigenvalue weighted by Crippen LogP contribution is -2.05. The monoisotopic (exact) mass is 620 g/mol. The second kappa shape index (κ2) is 12.7. The van der Waals surface area contributed by atoms with E-state index in [1.807, 2.05) is 38.1 Å². The molecule has 2 heterocycles. The van der Waals surface area contributed by atoms with Crippen molar-refractivity contribution in [1.82, 2.24) is 0 Å². The first-order valence-electron chi connectivity index (χ1n) is 12.3. The zero-order chi connectivity index (χ0) is 28.9. The van der Waals surface area contributed by atoms with Crippen LogP contribution in [0.3, 0.4) is 0 Å². The van der Waals surface area contributed by atoms with Crippen LogP contribution in [0.25, 0.3) is 0 Å². The van der Waals surface area contributed by atoms with Crippen LogP contribution in [-0.2, 0) is 33.1 Å². The minimum absolute atomic E-state index is 0.0183. The van der Waals surface area contributed by atoms with Crippen LogP contribution < -0.4 is 0 Å². The van der Waals surface area contributed by atoms with Gasteiger partial charge in [-0.25, -0.2) is 0 Å². The standard InChI is InChI=1S/C26H26N4O6S4/c1-3-21-13-15-23(39(31,32)33)17-19-9-5-7-11-25(19)37-29(21)27-28-30-22(4-2)14-16-24(40(34,35)36)18-20-10-6-8-12-26(20)38-30/h5-16H,3-4,17-18H2,1-2H3/p+2/b21-13-,22-14-,23-15-,24-16-. The Hall–Kier alpha value is -2.88. The second-order valence-corrected chi connectivity index (χ2v) is 13.6. The molecule has 4 rings (SSSR count). The predicted octanol–water partition coefficient (Wildman–Crippen LogP) is 6.49. The average Bonchev–Trinajstić information content (AvgIpc) is 3.03. The van der Waals surface area contributed by atoms with Crippen LogP contribution in [0, 0.1) is 0 Å². The number of nitrogens with zero attached hydrogens (tertiary/aromatic N) is 4. The molecule has 0 atom stereocenters. The van der Waals surface area contributed by atoms with Gasteiger partial charge in [0.15, 0.2) is 11.4 Å². The molecule has 0 saturated carbocycles. The van der Waals surface area contributed by atoms with Crippen molar-refractivity contribution in [2.75, 3.05) is 0 Å². The first-order chi connectivity index (χ1) is 19.0. The van der Waals surface area contributed by atoms with Gasteiger partial charge in [0.2, 0.25) is 0 Å². The molecule has 40 heavy (non-hydrogen) atoms. The Morgan fingerprint density at radius 2 is 1.05 bits per heavy atom. The Balaban J connectivity index is 1.89. The molecule has 0 unspecified atom stereocenters. The highest BCUT2D eigenvalue weighted by molar-refractivity contribution is 7.93. The molecule has 0 fully saturated rings. The lowest BCUT2D eigenvalue weighted by molar-refractivity contribution is -0.431. The summed E-state index contributed by atoms with van der Waals surface area (Å²) in [6.45, 7) is 3.79. The molecule has 2 N–H and O–H groups in total. The third-order valence-electron chi connectivity index (χ3n) is 6.05. The Kier molecular flexibility index (Phi) is 9.59. The minimum atomic E-state index is -4.42. The summed E-state index contributed by atoms with van der Waals surface area (Å²) in [5.41, 5.74) is 2.67. The Bertz CT molecular complexity index is 1590. The third-order valence-corrected chi connectivity index (χ3v) is 10.1. The Labute approximate surface area is 242 Å². The zero-order valence-corrected chi connectivity index (χ0v) is 25.0. The number of allylic oxidation sites excluding steroid dienone is 8. The van der Waals surface area contributed by atoms with Gasteiger partial charge in [-0.15, -0.1) is 0 Å². The van der Waals surface area contributed by atoms with Crippen LogP contribution in [0.2, 0.25) is 0 Å². The highest BCUT2D eigenvalue weighted by Gasteiger charge is 2.28. The van der Waals surface area contributed by atoms with E-state index in [0.29, 0.717) is 35.4 Å². The topological polar surface area (TPSA) is 139 Å². The van der Waals surface area contributed by atoms with Crippen molar-refractivity contribution in [1.29, 1.82) is 0 Å². The maximum absolute atomic E-state index is 12.0. The van der Waals surface area contributed by atoms with Crippen LogP contribution in [0.5, 0.6) is 0 Å². The van der Waals surface area contributed by atoms with Crippen molar-refractivity contribution < 1.29 is 34.1 Å². The Morgan fingerprint density at radius 3 is 1.40 bits per heavy atom. The van der Waals surface area contributed by atoms with Gasteiger partial charge in [-0.3, -0.25) is 9.11 Å². The van der Waals surface area contributed by atoms with E-state index >= 15 is 0 Å². The van der Waals surface area contributed by atoms with Crippen molar-refractivity contribution in [3.8, 4) is 0 Å². The fourth-order valence-corrected chi connectivity index (χ4v) is 6.94. The maximum atomic E-state index is 12.0. The van der Waals surface area contributed by atoms with Crippen LogP contribution in [0.4, 0.5) is 0 Å². The molecule has 0 saturated heterocycles. The SMILES string of the molecule is CC/C1=C/C=C(\S(=O)(=O)O)Cc2ccccc2S[N+]1=NN=[N+]1Sc2ccccc2C/C(S(=O)(=O)O)=C/C=C\1CC. The summed E-state index contributed by atoms with van der Waals surface area (Å²) < 4.78 is 71.0. The fraction of sp³-hybridized carbons (Fsp3) is 0.231. The molecule has 14 heteroatoms. The zero-order valence-electron chi connectivity index (χ0n) is 21.7. The van der Waals surface area contributed by atoms with Gasteiger partial charge in [-0.2, -0.15) is 16.8 Å². The van der Waals surface area contributed by atoms with Gasteiger partial charge in [0.05, 0.1) is 19.6 Å². The van der Waals surface area contributed by atoms with Crippen molar-refractivity contribution >= 4 is 44.1 Å². The molecule has 0 spiro atoms. The van der Waals surface area contributed by atoms with Crippen molar-refractivity contribution in [3.05, 3.63) is 105 Å². The molecule has 0 aliphatic carbocycles. The molecule has 2 aromatic rings. The molecule has 0 aromatic heterocycles. The number of benzene rings is 2. The normalized spacial score (nSPS) is 24.1. The number of hydrogen-bond donors (Lipinski definition) is 2. The Morgan fingerprint density at radius 1 is 0.675 bits per heavy atom. The molecule has 0 radical (unpaired) electrons. The average molecular weight is 621 g/mol. The van der Waals surface area contributed by atoms with Crippen LogP contribution >= 0.6 is 23.9 Å². The number of rotatable bonds is 5. The highest BCUT2D eigenvalue weighted by atomic mass is 32.2. The van der Waals surface area contributed by atoms with E-state index < -0.39 is 20.2 Å². The first kappa shape index (κ1) is 30.1. The fourth-order valence-electron chi connectivity index (χ4n) is 3.87. The van der Waals surface area contributed by atoms with Crippen LogP contribution in [-0.4, -0.2) is 34.1 Å². The maximum Gasteiger partial charge on any atom is 0.402 e. The molecule has 0 bridgehead atoms. The first-order valence-corrected chi connectivity index (χ1v) is 16.7. The van der Waals surface area contributed by atoms with Crippen molar-refractivity contribution in [3.63, 3.8) is 0 Å². The van der Waals surface area contributed by atoms with E-state index in [4.69, 9.17) is 0 Å². The van der Waals surface area contributed by atoms with Gasteiger partial charge in [-0.05, 0) is 47.6 Å². The van der Waals surface area contributed by atoms with Gasteiger partial charge < -0.3 is 0 Å². The summed E-state index contributed by atoms with van der Waals surface area (Å²) >= 11 is 2.53. The summed E-state index contributed by atoms with van der Waals surface area (Å²) in [5, 5.41) is 9.04. The second-order valence-electron chi connectivity index (χ2n) is 8.72. The van der Waals surface area contributed by atoms with Gasteiger partial charge in [0.1, 0.15) is 23.9 Å². The van der Waals surface area contributed by atoms with Gasteiger partial charge in [0, 0.05) is 33.9 Å². The lowest BCUT2D eigenvalue weighted by atomic mass is 10.1. The molecular weight excluding hydrogens is 593 g/mol. The molecule has 2 aliphatic heterocycles. The highest BCUT2D eigenvalue weighted by Crippen LogP contribution is 2.34. The number of hydrogen-bond acceptors (Lipinski definition) is 6. The molecule has 10 nitrogen and oxygen atoms in total. The summed E-state index contributed by atoms with van der Waals surface area (Å²) in [5.74, 6) is 0. The van der Waals surface area contributed by atoms with Gasteiger partial charge in [0.25, 0.3) is 20.2 Å². The largest absolute Gasteiger partial charge is 0.402 e. The minimum Gasteiger partial charge on any atom is -0.282 e. The molecule has 210 valence electrons. The van der Waals surface area contributed by atoms with Crippen LogP contribution in [0.15, 0.2) is 114 Å². The summed E-state index contributed by atoms with van der Waals surface area (Å²) in [4.78, 5) is 1.23. The quantitative estimate of drug-likeness (QED) is 0.167. The van der Waals surface area contributed by atoms with Crippen LogP contribution in [0.1, 0.15) is 37.8 Å².